The van der Waals surface area contributed by atoms with Gasteiger partial charge in [0.1, 0.15) is 6.07 Å². The average Bonchev–Trinajstić information content (AvgIpc) is 3.83. The van der Waals surface area contributed by atoms with E-state index in [1.54, 1.807) is 30.3 Å². The van der Waals surface area contributed by atoms with Crippen molar-refractivity contribution in [3.8, 4) is 51.6 Å². The molecule has 0 fully saturated rings. The highest BCUT2D eigenvalue weighted by Gasteiger charge is 2.23. The molecule has 0 radical (unpaired) electrons. The van der Waals surface area contributed by atoms with Crippen LogP contribution in [-0.4, -0.2) is 24.1 Å². The summed E-state index contributed by atoms with van der Waals surface area (Å²) in [7, 11) is 0. The van der Waals surface area contributed by atoms with Gasteiger partial charge in [0.15, 0.2) is 17.5 Å². The summed E-state index contributed by atoms with van der Waals surface area (Å²) in [6, 6.07) is 25.0. The van der Waals surface area contributed by atoms with E-state index in [1.165, 1.54) is 6.07 Å². The fraction of sp³-hybridized carbons (Fsp3) is 0. The number of nitriles is 1. The van der Waals surface area contributed by atoms with E-state index in [0.717, 1.165) is 10.8 Å². The Balaban J connectivity index is 1.40. The summed E-state index contributed by atoms with van der Waals surface area (Å²) in [5.41, 5.74) is 2.71. The van der Waals surface area contributed by atoms with Gasteiger partial charge in [-0.05, 0) is 36.4 Å². The third-order valence-corrected chi connectivity index (χ3v) is 9.02. The van der Waals surface area contributed by atoms with Crippen LogP contribution in [0.25, 0.3) is 89.2 Å². The molecule has 6 nitrogen and oxygen atoms in total. The maximum atomic E-state index is 11.1. The van der Waals surface area contributed by atoms with Gasteiger partial charge in [0.2, 0.25) is 0 Å². The standard InChI is InChI=1S/C46H28N6/c47-29-32-27-37(46-49-44(30-15-3-1-4-16-30)48-45(50-46)31-17-5-2-6-18-31)43(52-40-25-13-9-21-35(40)36-22-10-14-26-41(36)52)28-42(32)51-38-23-11-7-19-33(38)34-20-8-12-24-39(34)51/h1-28H/i1D,2D,3D,4D,5D,6D,15D,16D,17D,18D,19D,21D. The molecule has 0 N–H and O–H groups in total. The Hall–Kier alpha value is -7.36. The minimum atomic E-state index is -0.683. The van der Waals surface area contributed by atoms with Gasteiger partial charge in [-0.3, -0.25) is 0 Å². The molecule has 10 rings (SSSR count). The molecule has 10 aromatic rings. The van der Waals surface area contributed by atoms with Crippen molar-refractivity contribution < 1.29 is 16.4 Å². The molecule has 0 atom stereocenters. The largest absolute Gasteiger partial charge is 0.308 e. The summed E-state index contributed by atoms with van der Waals surface area (Å²) in [6.45, 7) is 0. The maximum absolute atomic E-state index is 11.1. The van der Waals surface area contributed by atoms with Crippen molar-refractivity contribution in [2.75, 3.05) is 0 Å². The molecule has 242 valence electrons. The second-order valence-electron chi connectivity index (χ2n) is 11.9. The van der Waals surface area contributed by atoms with Gasteiger partial charge in [-0.1, -0.05) is 133 Å². The number of hydrogen-bond donors (Lipinski definition) is 0. The highest BCUT2D eigenvalue weighted by Crippen LogP contribution is 2.40. The van der Waals surface area contributed by atoms with Crippen LogP contribution >= 0.6 is 0 Å². The summed E-state index contributed by atoms with van der Waals surface area (Å²) in [6.07, 6.45) is 0. The van der Waals surface area contributed by atoms with E-state index in [9.17, 15) is 5.26 Å². The Bertz CT molecular complexity index is 3600. The minimum absolute atomic E-state index is 0.105. The normalized spacial score (nSPS) is 14.7. The van der Waals surface area contributed by atoms with Gasteiger partial charge in [-0.25, -0.2) is 15.0 Å². The van der Waals surface area contributed by atoms with Gasteiger partial charge in [0.05, 0.1) is 55.5 Å². The van der Waals surface area contributed by atoms with Crippen LogP contribution in [0.1, 0.15) is 22.0 Å². The third-order valence-electron chi connectivity index (χ3n) is 9.02. The van der Waals surface area contributed by atoms with Crippen LogP contribution in [0, 0.1) is 11.3 Å². The van der Waals surface area contributed by atoms with E-state index < -0.39 is 83.2 Å². The Morgan fingerprint density at radius 3 is 1.42 bits per heavy atom. The first kappa shape index (κ1) is 19.7. The number of para-hydroxylation sites is 4. The Labute approximate surface area is 316 Å². The number of rotatable bonds is 5. The van der Waals surface area contributed by atoms with Crippen molar-refractivity contribution in [1.82, 2.24) is 24.1 Å². The molecule has 0 bridgehead atoms. The van der Waals surface area contributed by atoms with Crippen LogP contribution in [0.5, 0.6) is 0 Å². The van der Waals surface area contributed by atoms with E-state index in [0.29, 0.717) is 44.2 Å². The minimum Gasteiger partial charge on any atom is -0.308 e. The molecule has 3 heterocycles. The van der Waals surface area contributed by atoms with E-state index >= 15 is 0 Å². The highest BCUT2D eigenvalue weighted by molar-refractivity contribution is 6.11. The summed E-state index contributed by atoms with van der Waals surface area (Å²) in [5.74, 6) is -1.16. The van der Waals surface area contributed by atoms with Crippen LogP contribution < -0.4 is 0 Å². The van der Waals surface area contributed by atoms with Crippen molar-refractivity contribution in [2.24, 2.45) is 0 Å². The van der Waals surface area contributed by atoms with E-state index in [4.69, 9.17) is 26.4 Å². The van der Waals surface area contributed by atoms with Crippen LogP contribution in [0.4, 0.5) is 0 Å². The monoisotopic (exact) mass is 676 g/mol. The molecule has 0 saturated heterocycles. The lowest BCUT2D eigenvalue weighted by atomic mass is 10.0. The van der Waals surface area contributed by atoms with Gasteiger partial charge in [-0.15, -0.1) is 0 Å². The molecule has 0 aliphatic carbocycles. The second-order valence-corrected chi connectivity index (χ2v) is 11.9. The fourth-order valence-corrected chi connectivity index (χ4v) is 6.86. The Morgan fingerprint density at radius 2 is 0.904 bits per heavy atom. The van der Waals surface area contributed by atoms with Gasteiger partial charge < -0.3 is 9.13 Å². The second kappa shape index (κ2) is 11.9. The number of aromatic nitrogens is 5. The molecular formula is C46H28N6. The van der Waals surface area contributed by atoms with E-state index in [-0.39, 0.29) is 29.0 Å². The number of hydrogen-bond acceptors (Lipinski definition) is 4. The van der Waals surface area contributed by atoms with Gasteiger partial charge in [-0.2, -0.15) is 5.26 Å². The van der Waals surface area contributed by atoms with Crippen LogP contribution in [0.3, 0.4) is 0 Å². The summed E-state index contributed by atoms with van der Waals surface area (Å²) in [5, 5.41) is 13.8. The SMILES string of the molecule is [2H]c1c([2H])c([2H])c(-c2nc(-c3cc(C#N)c(-n4c5ccccc5c5c([2H])cccc54)cc3-n3c4ccccc4c4c([2H])cccc43)nc(-c3c([2H])c([2H])c([2H])c([2H])c3[2H])n2)c([2H])c1[2H]. The van der Waals surface area contributed by atoms with Gasteiger partial charge in [0, 0.05) is 38.2 Å². The predicted octanol–water partition coefficient (Wildman–Crippen LogP) is 10.9. The molecule has 7 aromatic carbocycles. The van der Waals surface area contributed by atoms with Crippen molar-refractivity contribution in [3.63, 3.8) is 0 Å². The van der Waals surface area contributed by atoms with Crippen molar-refractivity contribution in [1.29, 1.82) is 5.26 Å². The molecule has 0 saturated carbocycles. The topological polar surface area (TPSA) is 72.3 Å². The van der Waals surface area contributed by atoms with Gasteiger partial charge >= 0.3 is 0 Å². The predicted molar refractivity (Wildman–Crippen MR) is 210 cm³/mol. The van der Waals surface area contributed by atoms with Crippen LogP contribution in [0.2, 0.25) is 0 Å². The van der Waals surface area contributed by atoms with Crippen molar-refractivity contribution in [2.45, 2.75) is 0 Å². The Kier molecular flexibility index (Phi) is 4.52. The lowest BCUT2D eigenvalue weighted by Crippen LogP contribution is -2.07. The fourth-order valence-electron chi connectivity index (χ4n) is 6.86. The highest BCUT2D eigenvalue weighted by atomic mass is 15.1. The average molecular weight is 677 g/mol. The number of fused-ring (bicyclic) bond motifs is 6. The molecule has 0 unspecified atom stereocenters. The number of benzene rings is 7. The summed E-state index contributed by atoms with van der Waals surface area (Å²) in [4.78, 5) is 14.0. The molecular weight excluding hydrogens is 637 g/mol. The maximum Gasteiger partial charge on any atom is 0.166 e. The molecule has 3 aromatic heterocycles. The van der Waals surface area contributed by atoms with Crippen molar-refractivity contribution >= 4 is 43.6 Å². The first-order valence-corrected chi connectivity index (χ1v) is 16.2. The Morgan fingerprint density at radius 1 is 0.462 bits per heavy atom. The summed E-state index contributed by atoms with van der Waals surface area (Å²) < 4.78 is 108. The van der Waals surface area contributed by atoms with Crippen molar-refractivity contribution in [3.05, 3.63) is 175 Å². The quantitative estimate of drug-likeness (QED) is 0.182. The van der Waals surface area contributed by atoms with E-state index in [2.05, 4.69) is 11.1 Å². The lowest BCUT2D eigenvalue weighted by Gasteiger charge is -2.18. The summed E-state index contributed by atoms with van der Waals surface area (Å²) >= 11 is 0. The molecule has 0 aliphatic rings. The zero-order valence-corrected chi connectivity index (χ0v) is 26.9. The zero-order chi connectivity index (χ0) is 45.0. The molecule has 52 heavy (non-hydrogen) atoms. The molecule has 6 heteroatoms. The molecule has 0 aliphatic heterocycles. The lowest BCUT2D eigenvalue weighted by molar-refractivity contribution is 1.06. The smallest absolute Gasteiger partial charge is 0.166 e. The molecule has 0 spiro atoms. The first-order chi connectivity index (χ1) is 30.7. The van der Waals surface area contributed by atoms with Gasteiger partial charge in [0.25, 0.3) is 0 Å². The van der Waals surface area contributed by atoms with Crippen LogP contribution in [0.15, 0.2) is 170 Å². The van der Waals surface area contributed by atoms with E-state index in [1.807, 2.05) is 69.8 Å². The zero-order valence-electron chi connectivity index (χ0n) is 38.9. The van der Waals surface area contributed by atoms with Crippen LogP contribution in [-0.2, 0) is 0 Å². The molecule has 0 amide bonds. The number of nitrogens with zero attached hydrogens (tertiary/aromatic N) is 6. The first-order valence-electron chi connectivity index (χ1n) is 22.2. The third kappa shape index (κ3) is 4.61.